The van der Waals surface area contributed by atoms with Gasteiger partial charge < -0.3 is 19.3 Å². The second-order valence-corrected chi connectivity index (χ2v) is 7.05. The van der Waals surface area contributed by atoms with Crippen LogP contribution in [-0.4, -0.2) is 27.9 Å². The normalized spacial score (nSPS) is 10.6. The summed E-state index contributed by atoms with van der Waals surface area (Å²) >= 11 is 0. The van der Waals surface area contributed by atoms with Crippen LogP contribution in [0.3, 0.4) is 0 Å². The summed E-state index contributed by atoms with van der Waals surface area (Å²) < 4.78 is 29.6. The SMILES string of the molecule is CCOC(=O)c1ccc(Oc2cn[nH]c2-c2ccc(OCc3ccc(F)cc3)cc2O)cc1. The van der Waals surface area contributed by atoms with Crippen molar-refractivity contribution in [3.8, 4) is 34.3 Å². The molecule has 168 valence electrons. The molecule has 0 unspecified atom stereocenters. The molecule has 1 heterocycles. The number of H-pyrrole nitrogens is 1. The van der Waals surface area contributed by atoms with E-state index < -0.39 is 5.97 Å². The maximum atomic E-state index is 13.0. The average Bonchev–Trinajstić information content (AvgIpc) is 3.27. The van der Waals surface area contributed by atoms with E-state index in [4.69, 9.17) is 14.2 Å². The molecule has 0 aliphatic carbocycles. The minimum Gasteiger partial charge on any atom is -0.507 e. The van der Waals surface area contributed by atoms with Crippen molar-refractivity contribution in [1.82, 2.24) is 10.2 Å². The van der Waals surface area contributed by atoms with Gasteiger partial charge in [0, 0.05) is 11.6 Å². The van der Waals surface area contributed by atoms with E-state index in [1.54, 1.807) is 55.5 Å². The number of aromatic hydroxyl groups is 1. The van der Waals surface area contributed by atoms with Crippen molar-refractivity contribution < 1.29 is 28.5 Å². The van der Waals surface area contributed by atoms with Crippen LogP contribution in [0.1, 0.15) is 22.8 Å². The summed E-state index contributed by atoms with van der Waals surface area (Å²) in [6, 6.07) is 17.4. The minimum absolute atomic E-state index is 0.0293. The van der Waals surface area contributed by atoms with Crippen LogP contribution in [0.4, 0.5) is 4.39 Å². The molecule has 3 aromatic carbocycles. The molecule has 0 aliphatic heterocycles. The third-order valence-corrected chi connectivity index (χ3v) is 4.76. The van der Waals surface area contributed by atoms with Crippen LogP contribution in [0.15, 0.2) is 72.9 Å². The highest BCUT2D eigenvalue weighted by Crippen LogP contribution is 2.38. The number of carbonyl (C=O) groups is 1. The van der Waals surface area contributed by atoms with E-state index in [0.717, 1.165) is 5.56 Å². The molecule has 4 rings (SSSR count). The van der Waals surface area contributed by atoms with Crippen molar-refractivity contribution >= 4 is 5.97 Å². The number of nitrogens with one attached hydrogen (secondary N) is 1. The molecule has 7 nitrogen and oxygen atoms in total. The Balaban J connectivity index is 1.46. The van der Waals surface area contributed by atoms with E-state index >= 15 is 0 Å². The third-order valence-electron chi connectivity index (χ3n) is 4.76. The summed E-state index contributed by atoms with van der Waals surface area (Å²) in [6.07, 6.45) is 1.49. The predicted octanol–water partition coefficient (Wildman–Crippen LogP) is 5.47. The monoisotopic (exact) mass is 448 g/mol. The van der Waals surface area contributed by atoms with Gasteiger partial charge in [-0.1, -0.05) is 12.1 Å². The highest BCUT2D eigenvalue weighted by Gasteiger charge is 2.15. The largest absolute Gasteiger partial charge is 0.507 e. The van der Waals surface area contributed by atoms with Crippen molar-refractivity contribution in [2.24, 2.45) is 0 Å². The number of carbonyl (C=O) groups excluding carboxylic acids is 1. The maximum absolute atomic E-state index is 13.0. The van der Waals surface area contributed by atoms with Gasteiger partial charge in [-0.3, -0.25) is 5.10 Å². The Morgan fingerprint density at radius 3 is 2.45 bits per heavy atom. The molecule has 2 N–H and O–H groups in total. The molecule has 0 radical (unpaired) electrons. The summed E-state index contributed by atoms with van der Waals surface area (Å²) in [4.78, 5) is 11.8. The van der Waals surface area contributed by atoms with Gasteiger partial charge in [0.2, 0.25) is 0 Å². The first-order chi connectivity index (χ1) is 16.0. The van der Waals surface area contributed by atoms with E-state index in [1.807, 2.05) is 0 Å². The molecular formula is C25H21FN2O5. The fourth-order valence-corrected chi connectivity index (χ4v) is 3.11. The van der Waals surface area contributed by atoms with Gasteiger partial charge in [-0.25, -0.2) is 9.18 Å². The van der Waals surface area contributed by atoms with E-state index in [-0.39, 0.29) is 18.2 Å². The van der Waals surface area contributed by atoms with Crippen molar-refractivity contribution in [3.05, 3.63) is 89.9 Å². The number of ether oxygens (including phenoxy) is 3. The number of aromatic amines is 1. The lowest BCUT2D eigenvalue weighted by atomic mass is 10.1. The van der Waals surface area contributed by atoms with Gasteiger partial charge in [-0.2, -0.15) is 5.10 Å². The van der Waals surface area contributed by atoms with E-state index in [0.29, 0.717) is 40.7 Å². The first kappa shape index (κ1) is 21.9. The Bertz CT molecular complexity index is 1240. The van der Waals surface area contributed by atoms with Crippen LogP contribution >= 0.6 is 0 Å². The lowest BCUT2D eigenvalue weighted by Crippen LogP contribution is -2.04. The third kappa shape index (κ3) is 5.30. The second kappa shape index (κ2) is 9.86. The predicted molar refractivity (Wildman–Crippen MR) is 119 cm³/mol. The molecule has 8 heteroatoms. The van der Waals surface area contributed by atoms with Crippen molar-refractivity contribution in [2.45, 2.75) is 13.5 Å². The number of benzene rings is 3. The van der Waals surface area contributed by atoms with Gasteiger partial charge in [0.1, 0.15) is 35.4 Å². The molecule has 33 heavy (non-hydrogen) atoms. The summed E-state index contributed by atoms with van der Waals surface area (Å²) in [5.41, 5.74) is 2.18. The van der Waals surface area contributed by atoms with Crippen molar-refractivity contribution in [2.75, 3.05) is 6.61 Å². The van der Waals surface area contributed by atoms with Crippen molar-refractivity contribution in [3.63, 3.8) is 0 Å². The fraction of sp³-hybridized carbons (Fsp3) is 0.120. The molecule has 0 spiro atoms. The average molecular weight is 448 g/mol. The smallest absolute Gasteiger partial charge is 0.338 e. The summed E-state index contributed by atoms with van der Waals surface area (Å²) in [7, 11) is 0. The van der Waals surface area contributed by atoms with Gasteiger partial charge in [-0.15, -0.1) is 0 Å². The summed E-state index contributed by atoms with van der Waals surface area (Å²) in [5.74, 6) is 0.599. The number of phenolic OH excluding ortho intramolecular Hbond substituents is 1. The zero-order valence-corrected chi connectivity index (χ0v) is 17.7. The van der Waals surface area contributed by atoms with Crippen LogP contribution in [0.5, 0.6) is 23.0 Å². The molecule has 0 amide bonds. The van der Waals surface area contributed by atoms with Gasteiger partial charge in [0.05, 0.1) is 18.4 Å². The number of esters is 1. The lowest BCUT2D eigenvalue weighted by Gasteiger charge is -2.11. The van der Waals surface area contributed by atoms with Crippen LogP contribution in [-0.2, 0) is 11.3 Å². The Labute approximate surface area is 189 Å². The number of hydrogen-bond donors (Lipinski definition) is 2. The van der Waals surface area contributed by atoms with E-state index in [2.05, 4.69) is 10.2 Å². The van der Waals surface area contributed by atoms with Gasteiger partial charge in [0.25, 0.3) is 0 Å². The number of aromatic nitrogens is 2. The number of hydrogen-bond acceptors (Lipinski definition) is 6. The molecule has 4 aromatic rings. The number of halogens is 1. The van der Waals surface area contributed by atoms with Crippen molar-refractivity contribution in [1.29, 1.82) is 0 Å². The minimum atomic E-state index is -0.403. The van der Waals surface area contributed by atoms with E-state index in [1.165, 1.54) is 24.4 Å². The van der Waals surface area contributed by atoms with Gasteiger partial charge in [0.15, 0.2) is 5.75 Å². The van der Waals surface area contributed by atoms with Crippen LogP contribution in [0.25, 0.3) is 11.3 Å². The second-order valence-electron chi connectivity index (χ2n) is 7.05. The number of phenols is 1. The molecule has 0 saturated carbocycles. The molecule has 0 aliphatic rings. The van der Waals surface area contributed by atoms with Gasteiger partial charge in [-0.05, 0) is 61.0 Å². The zero-order chi connectivity index (χ0) is 23.2. The topological polar surface area (TPSA) is 93.7 Å². The van der Waals surface area contributed by atoms with Crippen LogP contribution in [0, 0.1) is 5.82 Å². The fourth-order valence-electron chi connectivity index (χ4n) is 3.11. The molecular weight excluding hydrogens is 427 g/mol. The summed E-state index contributed by atoms with van der Waals surface area (Å²) in [5, 5.41) is 17.4. The quantitative estimate of drug-likeness (QED) is 0.347. The van der Waals surface area contributed by atoms with E-state index in [9.17, 15) is 14.3 Å². The standard InChI is InChI=1S/C25H21FN2O5/c1-2-31-25(30)17-5-9-19(10-6-17)33-23-14-27-28-24(23)21-12-11-20(13-22(21)29)32-15-16-3-7-18(26)8-4-16/h3-14,29H,2,15H2,1H3,(H,27,28). The first-order valence-electron chi connectivity index (χ1n) is 10.2. The van der Waals surface area contributed by atoms with Crippen LogP contribution in [0.2, 0.25) is 0 Å². The molecule has 0 saturated heterocycles. The Hall–Kier alpha value is -4.33. The molecule has 0 fully saturated rings. The number of nitrogens with zero attached hydrogens (tertiary/aromatic N) is 1. The highest BCUT2D eigenvalue weighted by atomic mass is 19.1. The Morgan fingerprint density at radius 2 is 1.76 bits per heavy atom. The number of rotatable bonds is 8. The molecule has 1 aromatic heterocycles. The molecule has 0 atom stereocenters. The Morgan fingerprint density at radius 1 is 1.03 bits per heavy atom. The van der Waals surface area contributed by atoms with Gasteiger partial charge >= 0.3 is 5.97 Å². The first-order valence-corrected chi connectivity index (χ1v) is 10.2. The summed E-state index contributed by atoms with van der Waals surface area (Å²) in [6.45, 7) is 2.28. The highest BCUT2D eigenvalue weighted by molar-refractivity contribution is 5.89. The molecule has 0 bridgehead atoms. The Kier molecular flexibility index (Phi) is 6.54. The van der Waals surface area contributed by atoms with Crippen LogP contribution < -0.4 is 9.47 Å². The maximum Gasteiger partial charge on any atom is 0.338 e. The zero-order valence-electron chi connectivity index (χ0n) is 17.7. The lowest BCUT2D eigenvalue weighted by molar-refractivity contribution is 0.0526.